The smallest absolute Gasteiger partial charge is 0.356 e. The number of carboxylic acid groups (broad SMARTS) is 1. The first kappa shape index (κ1) is 15.4. The van der Waals surface area contributed by atoms with Crippen LogP contribution < -0.4 is 4.90 Å². The first-order valence-corrected chi connectivity index (χ1v) is 6.27. The third kappa shape index (κ3) is 4.17. The van der Waals surface area contributed by atoms with E-state index in [-0.39, 0.29) is 11.6 Å². The summed E-state index contributed by atoms with van der Waals surface area (Å²) in [7, 11) is 3.47. The van der Waals surface area contributed by atoms with E-state index in [0.717, 1.165) is 6.42 Å². The summed E-state index contributed by atoms with van der Waals surface area (Å²) in [5.74, 6) is -0.379. The molecular formula is C13H21N3O3. The molecule has 0 aliphatic rings. The molecule has 0 aliphatic carbocycles. The molecule has 1 rings (SSSR count). The number of aromatic carboxylic acids is 1. The van der Waals surface area contributed by atoms with Crippen LogP contribution in [0.2, 0.25) is 0 Å². The normalized spacial score (nSPS) is 10.8. The predicted molar refractivity (Wildman–Crippen MR) is 72.8 cm³/mol. The number of hydrogen-bond donors (Lipinski definition) is 1. The fraction of sp³-hybridized carbons (Fsp3) is 0.615. The van der Waals surface area contributed by atoms with Crippen molar-refractivity contribution in [2.24, 2.45) is 0 Å². The van der Waals surface area contributed by atoms with Crippen LogP contribution in [0.4, 0.5) is 5.69 Å². The number of hydrogen-bond acceptors (Lipinski definition) is 5. The molecule has 0 aromatic carbocycles. The number of carbonyl (C=O) groups is 1. The Morgan fingerprint density at radius 1 is 1.53 bits per heavy atom. The highest BCUT2D eigenvalue weighted by molar-refractivity contribution is 5.91. The van der Waals surface area contributed by atoms with E-state index in [4.69, 9.17) is 4.74 Å². The Hall–Kier alpha value is -1.69. The van der Waals surface area contributed by atoms with Crippen molar-refractivity contribution < 1.29 is 14.6 Å². The van der Waals surface area contributed by atoms with Crippen LogP contribution in [0.5, 0.6) is 0 Å². The molecule has 0 amide bonds. The summed E-state index contributed by atoms with van der Waals surface area (Å²) >= 11 is 0. The van der Waals surface area contributed by atoms with E-state index in [0.29, 0.717) is 24.7 Å². The van der Waals surface area contributed by atoms with Gasteiger partial charge in [0.05, 0.1) is 11.9 Å². The molecule has 0 radical (unpaired) electrons. The van der Waals surface area contributed by atoms with Crippen molar-refractivity contribution in [2.45, 2.75) is 26.2 Å². The van der Waals surface area contributed by atoms with Crippen LogP contribution in [-0.4, -0.2) is 48.4 Å². The summed E-state index contributed by atoms with van der Waals surface area (Å²) in [5, 5.41) is 9.25. The minimum atomic E-state index is -1.03. The first-order chi connectivity index (χ1) is 8.97. The standard InChI is InChI=1S/C13H21N3O3/c1-9(2)12-14-8-10(11(15-12)13(17)18)16(3)6-5-7-19-4/h8-9H,5-7H2,1-4H3,(H,17,18). The highest BCUT2D eigenvalue weighted by Crippen LogP contribution is 2.19. The molecule has 0 unspecified atom stereocenters. The molecular weight excluding hydrogens is 246 g/mol. The monoisotopic (exact) mass is 267 g/mol. The molecule has 0 fully saturated rings. The molecule has 1 heterocycles. The van der Waals surface area contributed by atoms with Crippen molar-refractivity contribution in [2.75, 3.05) is 32.2 Å². The number of carboxylic acids is 1. The zero-order valence-corrected chi connectivity index (χ0v) is 11.9. The zero-order chi connectivity index (χ0) is 14.4. The summed E-state index contributed by atoms with van der Waals surface area (Å²) < 4.78 is 4.98. The summed E-state index contributed by atoms with van der Waals surface area (Å²) in [4.78, 5) is 21.5. The SMILES string of the molecule is COCCCN(C)c1cnc(C(C)C)nc1C(=O)O. The van der Waals surface area contributed by atoms with Crippen molar-refractivity contribution in [3.63, 3.8) is 0 Å². The van der Waals surface area contributed by atoms with Crippen molar-refractivity contribution in [1.82, 2.24) is 9.97 Å². The predicted octanol–water partition coefficient (Wildman–Crippen LogP) is 1.77. The van der Waals surface area contributed by atoms with Gasteiger partial charge in [-0.15, -0.1) is 0 Å². The van der Waals surface area contributed by atoms with Gasteiger partial charge in [-0.05, 0) is 6.42 Å². The molecule has 106 valence electrons. The highest BCUT2D eigenvalue weighted by atomic mass is 16.5. The number of ether oxygens (including phenoxy) is 1. The van der Waals surface area contributed by atoms with E-state index >= 15 is 0 Å². The van der Waals surface area contributed by atoms with Gasteiger partial charge in [0, 0.05) is 33.2 Å². The van der Waals surface area contributed by atoms with E-state index in [2.05, 4.69) is 9.97 Å². The largest absolute Gasteiger partial charge is 0.476 e. The van der Waals surface area contributed by atoms with Gasteiger partial charge in [-0.2, -0.15) is 0 Å². The fourth-order valence-corrected chi connectivity index (χ4v) is 1.67. The van der Waals surface area contributed by atoms with Gasteiger partial charge in [0.2, 0.25) is 0 Å². The van der Waals surface area contributed by atoms with Gasteiger partial charge in [0.15, 0.2) is 5.69 Å². The minimum Gasteiger partial charge on any atom is -0.476 e. The Kier molecular flexibility index (Phi) is 5.69. The van der Waals surface area contributed by atoms with Crippen molar-refractivity contribution >= 4 is 11.7 Å². The summed E-state index contributed by atoms with van der Waals surface area (Å²) in [6.45, 7) is 5.20. The van der Waals surface area contributed by atoms with Crippen molar-refractivity contribution in [3.05, 3.63) is 17.7 Å². The average molecular weight is 267 g/mol. The number of methoxy groups -OCH3 is 1. The van der Waals surface area contributed by atoms with Crippen LogP contribution in [0.25, 0.3) is 0 Å². The lowest BCUT2D eigenvalue weighted by molar-refractivity contribution is 0.0690. The third-order valence-electron chi connectivity index (χ3n) is 2.76. The van der Waals surface area contributed by atoms with Crippen LogP contribution >= 0.6 is 0 Å². The molecule has 0 atom stereocenters. The van der Waals surface area contributed by atoms with E-state index < -0.39 is 5.97 Å². The molecule has 0 bridgehead atoms. The molecule has 0 saturated carbocycles. The van der Waals surface area contributed by atoms with Crippen LogP contribution in [0.1, 0.15) is 42.5 Å². The quantitative estimate of drug-likeness (QED) is 0.759. The lowest BCUT2D eigenvalue weighted by Gasteiger charge is -2.20. The van der Waals surface area contributed by atoms with Crippen molar-refractivity contribution in [3.8, 4) is 0 Å². The second-order valence-corrected chi connectivity index (χ2v) is 4.69. The van der Waals surface area contributed by atoms with Crippen LogP contribution in [0.3, 0.4) is 0 Å². The summed E-state index contributed by atoms with van der Waals surface area (Å²) in [6, 6.07) is 0. The Balaban J connectivity index is 2.96. The second kappa shape index (κ2) is 7.04. The maximum Gasteiger partial charge on any atom is 0.356 e. The fourth-order valence-electron chi connectivity index (χ4n) is 1.67. The molecule has 6 nitrogen and oxygen atoms in total. The lowest BCUT2D eigenvalue weighted by atomic mass is 10.2. The lowest BCUT2D eigenvalue weighted by Crippen LogP contribution is -2.23. The third-order valence-corrected chi connectivity index (χ3v) is 2.76. The number of rotatable bonds is 7. The number of anilines is 1. The summed E-state index contributed by atoms with van der Waals surface area (Å²) in [6.07, 6.45) is 2.40. The van der Waals surface area contributed by atoms with E-state index in [1.54, 1.807) is 13.3 Å². The Bertz CT molecular complexity index is 435. The Labute approximate surface area is 113 Å². The number of nitrogens with zero attached hydrogens (tertiary/aromatic N) is 3. The Morgan fingerprint density at radius 3 is 2.74 bits per heavy atom. The molecule has 6 heteroatoms. The first-order valence-electron chi connectivity index (χ1n) is 6.27. The molecule has 1 N–H and O–H groups in total. The topological polar surface area (TPSA) is 75.5 Å². The van der Waals surface area contributed by atoms with Crippen molar-refractivity contribution in [1.29, 1.82) is 0 Å². The highest BCUT2D eigenvalue weighted by Gasteiger charge is 2.18. The average Bonchev–Trinajstić information content (AvgIpc) is 2.38. The molecule has 1 aromatic heterocycles. The van der Waals surface area contributed by atoms with Gasteiger partial charge in [-0.1, -0.05) is 13.8 Å². The van der Waals surface area contributed by atoms with E-state index in [1.807, 2.05) is 25.8 Å². The summed E-state index contributed by atoms with van der Waals surface area (Å²) in [5.41, 5.74) is 0.589. The molecule has 1 aromatic rings. The van der Waals surface area contributed by atoms with Gasteiger partial charge < -0.3 is 14.7 Å². The van der Waals surface area contributed by atoms with Crippen LogP contribution in [0, 0.1) is 0 Å². The molecule has 0 saturated heterocycles. The van der Waals surface area contributed by atoms with E-state index in [9.17, 15) is 9.90 Å². The zero-order valence-electron chi connectivity index (χ0n) is 11.9. The maximum atomic E-state index is 11.3. The van der Waals surface area contributed by atoms with E-state index in [1.165, 1.54) is 0 Å². The maximum absolute atomic E-state index is 11.3. The molecule has 19 heavy (non-hydrogen) atoms. The van der Waals surface area contributed by atoms with Gasteiger partial charge in [-0.3, -0.25) is 0 Å². The second-order valence-electron chi connectivity index (χ2n) is 4.69. The number of aromatic nitrogens is 2. The van der Waals surface area contributed by atoms with Gasteiger partial charge in [0.1, 0.15) is 5.82 Å². The van der Waals surface area contributed by atoms with Gasteiger partial charge >= 0.3 is 5.97 Å². The van der Waals surface area contributed by atoms with Gasteiger partial charge in [-0.25, -0.2) is 14.8 Å². The Morgan fingerprint density at radius 2 is 2.21 bits per heavy atom. The minimum absolute atomic E-state index is 0.0543. The van der Waals surface area contributed by atoms with Gasteiger partial charge in [0.25, 0.3) is 0 Å². The molecule has 0 spiro atoms. The van der Waals surface area contributed by atoms with Crippen LogP contribution in [0.15, 0.2) is 6.20 Å². The van der Waals surface area contributed by atoms with Crippen LogP contribution in [-0.2, 0) is 4.74 Å². The molecule has 0 aliphatic heterocycles.